The van der Waals surface area contributed by atoms with Crippen LogP contribution in [-0.2, 0) is 16.9 Å². The maximum atomic E-state index is 15.0. The molecule has 2 aromatic heterocycles. The van der Waals surface area contributed by atoms with Crippen LogP contribution in [0.5, 0.6) is 5.75 Å². The molecule has 0 amide bonds. The van der Waals surface area contributed by atoms with Crippen LogP contribution in [0.25, 0.3) is 5.69 Å². The van der Waals surface area contributed by atoms with Crippen molar-refractivity contribution in [2.75, 3.05) is 49.2 Å². The molecule has 0 bridgehead atoms. The highest BCUT2D eigenvalue weighted by Gasteiger charge is 2.44. The van der Waals surface area contributed by atoms with Crippen molar-refractivity contribution in [3.63, 3.8) is 0 Å². The van der Waals surface area contributed by atoms with Gasteiger partial charge in [0, 0.05) is 55.1 Å². The Morgan fingerprint density at radius 2 is 1.61 bits per heavy atom. The van der Waals surface area contributed by atoms with Crippen molar-refractivity contribution < 1.29 is 23.4 Å². The molecule has 1 unspecified atom stereocenters. The summed E-state index contributed by atoms with van der Waals surface area (Å²) in [5.41, 5.74) is 1.93. The van der Waals surface area contributed by atoms with Gasteiger partial charge >= 0.3 is 5.69 Å². The Labute approximate surface area is 294 Å². The number of nitrogens with zero attached hydrogens (tertiary/aromatic N) is 8. The average Bonchev–Trinajstić information content (AvgIpc) is 3.90. The van der Waals surface area contributed by atoms with Gasteiger partial charge in [-0.25, -0.2) is 32.5 Å². The Hall–Kier alpha value is -5.08. The molecule has 0 saturated carbocycles. The predicted octanol–water partition coefficient (Wildman–Crippen LogP) is 4.57. The van der Waals surface area contributed by atoms with E-state index < -0.39 is 23.3 Å². The fraction of sp³-hybridized carbons (Fsp3) is 0.405. The molecule has 2 aliphatic heterocycles. The van der Waals surface area contributed by atoms with E-state index in [1.165, 1.54) is 34.0 Å². The Bertz CT molecular complexity index is 1960. The lowest BCUT2D eigenvalue weighted by Crippen LogP contribution is -2.46. The van der Waals surface area contributed by atoms with Crippen molar-refractivity contribution in [3.8, 4) is 11.4 Å². The lowest BCUT2D eigenvalue weighted by Gasteiger charge is -2.37. The van der Waals surface area contributed by atoms with Crippen molar-refractivity contribution in [2.45, 2.75) is 51.0 Å². The molecule has 268 valence electrons. The standard InChI is InChI=1S/C37H42F2N8O4/c1-3-35(26(2)48)47-36(49)46(25-42-47)31-7-5-29(6-8-31)43-14-16-44(17-15-43)30-9-11-32(12-10-30)50-20-27-19-37(51-21-27,22-45-24-40-23-41-45)33-13-4-28(38)18-34(33)39/h4-13,18,23-27,35,48H,3,14-17,19-22H2,1-2H3/t26?,27-,35-,37-/m1/s1. The molecule has 0 radical (unpaired) electrons. The summed E-state index contributed by atoms with van der Waals surface area (Å²) in [4.78, 5) is 21.7. The molecular formula is C37H42F2N8O4. The van der Waals surface area contributed by atoms with E-state index in [9.17, 15) is 18.7 Å². The lowest BCUT2D eigenvalue weighted by molar-refractivity contribution is -0.0206. The first kappa shape index (κ1) is 34.4. The number of aromatic nitrogens is 6. The van der Waals surface area contributed by atoms with E-state index in [0.29, 0.717) is 31.6 Å². The zero-order valence-electron chi connectivity index (χ0n) is 28.7. The van der Waals surface area contributed by atoms with Crippen LogP contribution in [0.2, 0.25) is 0 Å². The molecule has 2 aliphatic rings. The second-order valence-corrected chi connectivity index (χ2v) is 13.3. The Morgan fingerprint density at radius 1 is 0.941 bits per heavy atom. The molecule has 4 heterocycles. The van der Waals surface area contributed by atoms with Crippen molar-refractivity contribution in [3.05, 3.63) is 113 Å². The normalized spacial score (nSPS) is 20.5. The van der Waals surface area contributed by atoms with Crippen LogP contribution in [0.1, 0.15) is 38.3 Å². The average molecular weight is 701 g/mol. The maximum absolute atomic E-state index is 15.0. The zero-order chi connectivity index (χ0) is 35.5. The molecule has 3 aromatic carbocycles. The number of benzene rings is 3. The molecule has 2 fully saturated rings. The summed E-state index contributed by atoms with van der Waals surface area (Å²) in [5.74, 6) is -0.563. The highest BCUT2D eigenvalue weighted by molar-refractivity contribution is 5.54. The van der Waals surface area contributed by atoms with Crippen LogP contribution in [-0.4, -0.2) is 79.7 Å². The van der Waals surface area contributed by atoms with Crippen LogP contribution in [0.4, 0.5) is 20.2 Å². The molecular weight excluding hydrogens is 658 g/mol. The van der Waals surface area contributed by atoms with E-state index in [1.807, 2.05) is 43.3 Å². The predicted molar refractivity (Wildman–Crippen MR) is 187 cm³/mol. The van der Waals surface area contributed by atoms with Crippen molar-refractivity contribution >= 4 is 11.4 Å². The first-order valence-electron chi connectivity index (χ1n) is 17.3. The first-order chi connectivity index (χ1) is 24.7. The zero-order valence-corrected chi connectivity index (χ0v) is 28.7. The summed E-state index contributed by atoms with van der Waals surface area (Å²) < 4.78 is 45.6. The molecule has 0 aliphatic carbocycles. The number of piperazine rings is 1. The monoisotopic (exact) mass is 700 g/mol. The van der Waals surface area contributed by atoms with Crippen LogP contribution in [0, 0.1) is 17.6 Å². The number of aliphatic hydroxyl groups is 1. The number of halogens is 2. The van der Waals surface area contributed by atoms with Crippen LogP contribution in [0.3, 0.4) is 0 Å². The number of hydrogen-bond acceptors (Lipinski definition) is 9. The topological polar surface area (TPSA) is 116 Å². The first-order valence-corrected chi connectivity index (χ1v) is 17.3. The van der Waals surface area contributed by atoms with Crippen LogP contribution >= 0.6 is 0 Å². The van der Waals surface area contributed by atoms with Gasteiger partial charge in [0.1, 0.15) is 42.0 Å². The number of anilines is 2. The van der Waals surface area contributed by atoms with E-state index in [2.05, 4.69) is 37.1 Å². The van der Waals surface area contributed by atoms with Crippen LogP contribution < -0.4 is 20.2 Å². The number of hydrogen-bond donors (Lipinski definition) is 1. The minimum absolute atomic E-state index is 0.0121. The second-order valence-electron chi connectivity index (χ2n) is 13.3. The fourth-order valence-electron chi connectivity index (χ4n) is 7.24. The van der Waals surface area contributed by atoms with Crippen LogP contribution in [0.15, 0.2) is 90.5 Å². The van der Waals surface area contributed by atoms with Crippen molar-refractivity contribution in [1.82, 2.24) is 29.1 Å². The van der Waals surface area contributed by atoms with Gasteiger partial charge in [-0.15, -0.1) is 0 Å². The van der Waals surface area contributed by atoms with E-state index >= 15 is 0 Å². The Morgan fingerprint density at radius 3 is 2.22 bits per heavy atom. The SMILES string of the molecule is CC[C@H](C(C)O)n1ncn(-c2ccc(N3CCN(c4ccc(OC[C@@H]5CO[C@](Cn6cncn6)(c6ccc(F)cc6F)C5)cc4)CC3)cc2)c1=O. The third-order valence-corrected chi connectivity index (χ3v) is 9.96. The van der Waals surface area contributed by atoms with Crippen molar-refractivity contribution in [1.29, 1.82) is 0 Å². The smallest absolute Gasteiger partial charge is 0.350 e. The molecule has 5 aromatic rings. The lowest BCUT2D eigenvalue weighted by atomic mass is 9.87. The summed E-state index contributed by atoms with van der Waals surface area (Å²) in [7, 11) is 0. The van der Waals surface area contributed by atoms with E-state index in [0.717, 1.165) is 55.1 Å². The third-order valence-electron chi connectivity index (χ3n) is 9.96. The second kappa shape index (κ2) is 14.6. The van der Waals surface area contributed by atoms with E-state index in [1.54, 1.807) is 17.9 Å². The molecule has 0 spiro atoms. The van der Waals surface area contributed by atoms with Gasteiger partial charge in [0.25, 0.3) is 0 Å². The van der Waals surface area contributed by atoms with Gasteiger partial charge in [0.15, 0.2) is 0 Å². The molecule has 2 saturated heterocycles. The molecule has 51 heavy (non-hydrogen) atoms. The van der Waals surface area contributed by atoms with Gasteiger partial charge in [-0.05, 0) is 74.4 Å². The molecule has 7 rings (SSSR count). The van der Waals surface area contributed by atoms with Gasteiger partial charge in [-0.2, -0.15) is 10.2 Å². The van der Waals surface area contributed by atoms with E-state index in [-0.39, 0.29) is 24.2 Å². The van der Waals surface area contributed by atoms with Gasteiger partial charge in [0.2, 0.25) is 0 Å². The minimum Gasteiger partial charge on any atom is -0.493 e. The maximum Gasteiger partial charge on any atom is 0.350 e. The highest BCUT2D eigenvalue weighted by Crippen LogP contribution is 2.42. The number of rotatable bonds is 12. The summed E-state index contributed by atoms with van der Waals surface area (Å²) >= 11 is 0. The van der Waals surface area contributed by atoms with Crippen molar-refractivity contribution in [2.24, 2.45) is 5.92 Å². The Kier molecular flexibility index (Phi) is 9.87. The molecule has 14 heteroatoms. The minimum atomic E-state index is -1.02. The fourth-order valence-corrected chi connectivity index (χ4v) is 7.24. The summed E-state index contributed by atoms with van der Waals surface area (Å²) in [6, 6.07) is 19.2. The Balaban J connectivity index is 0.923. The highest BCUT2D eigenvalue weighted by atomic mass is 19.1. The molecule has 1 N–H and O–H groups in total. The summed E-state index contributed by atoms with van der Waals surface area (Å²) in [6.07, 6.45) is 4.88. The quantitative estimate of drug-likeness (QED) is 0.200. The van der Waals surface area contributed by atoms with Gasteiger partial charge < -0.3 is 24.4 Å². The summed E-state index contributed by atoms with van der Waals surface area (Å²) in [5, 5.41) is 18.5. The molecule has 12 nitrogen and oxygen atoms in total. The van der Waals surface area contributed by atoms with Gasteiger partial charge in [-0.1, -0.05) is 13.0 Å². The van der Waals surface area contributed by atoms with Gasteiger partial charge in [0.05, 0.1) is 37.6 Å². The van der Waals surface area contributed by atoms with E-state index in [4.69, 9.17) is 9.47 Å². The number of aliphatic hydroxyl groups excluding tert-OH is 1. The largest absolute Gasteiger partial charge is 0.493 e. The molecule has 4 atom stereocenters. The third kappa shape index (κ3) is 7.24. The summed E-state index contributed by atoms with van der Waals surface area (Å²) in [6.45, 7) is 7.97. The number of ether oxygens (including phenoxy) is 2. The van der Waals surface area contributed by atoms with Gasteiger partial charge in [-0.3, -0.25) is 0 Å².